The van der Waals surface area contributed by atoms with Gasteiger partial charge in [0.05, 0.1) is 23.4 Å². The van der Waals surface area contributed by atoms with Gasteiger partial charge < -0.3 is 10.1 Å². The topological polar surface area (TPSA) is 34.1 Å². The molecule has 0 aliphatic heterocycles. The van der Waals surface area contributed by atoms with E-state index < -0.39 is 0 Å². The van der Waals surface area contributed by atoms with Gasteiger partial charge in [-0.1, -0.05) is 13.0 Å². The molecule has 3 nitrogen and oxygen atoms in total. The lowest BCUT2D eigenvalue weighted by atomic mass is 10.2. The minimum atomic E-state index is 0.199. The van der Waals surface area contributed by atoms with Crippen molar-refractivity contribution in [2.24, 2.45) is 0 Å². The second kappa shape index (κ2) is 6.57. The molecule has 1 heterocycles. The third-order valence-electron chi connectivity index (χ3n) is 3.02. The highest BCUT2D eigenvalue weighted by molar-refractivity contribution is 7.07. The fraction of sp³-hybridized carbons (Fsp3) is 0.400. The van der Waals surface area contributed by atoms with E-state index in [0.717, 1.165) is 23.6 Å². The average Bonchev–Trinajstić information content (AvgIpc) is 2.93. The maximum Gasteiger partial charge on any atom is 0.121 e. The molecule has 4 heteroatoms. The number of benzene rings is 1. The number of hydrogen-bond donors (Lipinski definition) is 1. The van der Waals surface area contributed by atoms with Crippen molar-refractivity contribution in [2.75, 3.05) is 5.32 Å². The first-order valence-electron chi connectivity index (χ1n) is 6.60. The smallest absolute Gasteiger partial charge is 0.121 e. The lowest BCUT2D eigenvalue weighted by Crippen LogP contribution is -2.10. The Morgan fingerprint density at radius 3 is 2.89 bits per heavy atom. The lowest BCUT2D eigenvalue weighted by Gasteiger charge is -2.16. The molecular weight excluding hydrogens is 256 g/mol. The quantitative estimate of drug-likeness (QED) is 0.844. The van der Waals surface area contributed by atoms with Crippen LogP contribution in [-0.4, -0.2) is 11.1 Å². The van der Waals surface area contributed by atoms with Crippen molar-refractivity contribution < 1.29 is 4.74 Å². The minimum Gasteiger partial charge on any atom is -0.491 e. The fourth-order valence-corrected chi connectivity index (χ4v) is 2.38. The average molecular weight is 276 g/mol. The highest BCUT2D eigenvalue weighted by Gasteiger charge is 2.08. The summed E-state index contributed by atoms with van der Waals surface area (Å²) >= 11 is 1.62. The first-order valence-corrected chi connectivity index (χ1v) is 7.54. The number of anilines is 1. The Labute approximate surface area is 118 Å². The van der Waals surface area contributed by atoms with Crippen LogP contribution >= 0.6 is 11.3 Å². The van der Waals surface area contributed by atoms with Crippen LogP contribution in [0.2, 0.25) is 0 Å². The van der Waals surface area contributed by atoms with Crippen LogP contribution in [0.4, 0.5) is 5.69 Å². The molecule has 0 radical (unpaired) electrons. The van der Waals surface area contributed by atoms with E-state index in [1.54, 1.807) is 11.3 Å². The zero-order chi connectivity index (χ0) is 13.7. The molecule has 1 N–H and O–H groups in total. The van der Waals surface area contributed by atoms with Gasteiger partial charge in [-0.2, -0.15) is 0 Å². The number of hydrogen-bond acceptors (Lipinski definition) is 4. The second-order valence-corrected chi connectivity index (χ2v) is 5.36. The van der Waals surface area contributed by atoms with Crippen LogP contribution in [0.1, 0.15) is 38.9 Å². The first kappa shape index (κ1) is 13.9. The maximum atomic E-state index is 5.82. The van der Waals surface area contributed by atoms with Crippen LogP contribution in [0.15, 0.2) is 35.2 Å². The van der Waals surface area contributed by atoms with Gasteiger partial charge in [0.25, 0.3) is 0 Å². The summed E-state index contributed by atoms with van der Waals surface area (Å²) in [7, 11) is 0. The molecule has 0 saturated heterocycles. The Morgan fingerprint density at radius 1 is 1.37 bits per heavy atom. The summed E-state index contributed by atoms with van der Waals surface area (Å²) in [5.74, 6) is 0.907. The third kappa shape index (κ3) is 3.96. The summed E-state index contributed by atoms with van der Waals surface area (Å²) < 4.78 is 5.82. The van der Waals surface area contributed by atoms with E-state index in [-0.39, 0.29) is 12.1 Å². The van der Waals surface area contributed by atoms with Gasteiger partial charge >= 0.3 is 0 Å². The van der Waals surface area contributed by atoms with Gasteiger partial charge in [0, 0.05) is 17.1 Å². The van der Waals surface area contributed by atoms with Crippen LogP contribution in [0.3, 0.4) is 0 Å². The van der Waals surface area contributed by atoms with Gasteiger partial charge in [0.1, 0.15) is 5.75 Å². The third-order valence-corrected chi connectivity index (χ3v) is 3.63. The number of thiazole rings is 1. The number of nitrogens with zero attached hydrogens (tertiary/aromatic N) is 1. The second-order valence-electron chi connectivity index (χ2n) is 4.64. The largest absolute Gasteiger partial charge is 0.491 e. The predicted molar refractivity (Wildman–Crippen MR) is 81.0 cm³/mol. The molecule has 0 spiro atoms. The van der Waals surface area contributed by atoms with E-state index in [4.69, 9.17) is 4.74 Å². The van der Waals surface area contributed by atoms with E-state index in [2.05, 4.69) is 36.5 Å². The van der Waals surface area contributed by atoms with Crippen molar-refractivity contribution in [3.8, 4) is 5.75 Å². The highest BCUT2D eigenvalue weighted by Crippen LogP contribution is 2.23. The van der Waals surface area contributed by atoms with Crippen molar-refractivity contribution in [3.63, 3.8) is 0 Å². The van der Waals surface area contributed by atoms with E-state index in [0.29, 0.717) is 0 Å². The summed E-state index contributed by atoms with van der Waals surface area (Å²) in [5, 5.41) is 5.51. The predicted octanol–water partition coefficient (Wildman–Crippen LogP) is 4.49. The molecule has 0 bridgehead atoms. The van der Waals surface area contributed by atoms with E-state index in [9.17, 15) is 0 Å². The molecular formula is C15H20N2OS. The summed E-state index contributed by atoms with van der Waals surface area (Å²) in [5.41, 5.74) is 3.98. The van der Waals surface area contributed by atoms with E-state index in [1.807, 2.05) is 29.8 Å². The monoisotopic (exact) mass is 276 g/mol. The zero-order valence-corrected chi connectivity index (χ0v) is 12.4. The SMILES string of the molecule is CCC(C)Oc1cccc(NC(C)c2cscn2)c1. The molecule has 0 saturated carbocycles. The molecule has 0 fully saturated rings. The Hall–Kier alpha value is -1.55. The molecule has 2 rings (SSSR count). The number of rotatable bonds is 6. The van der Waals surface area contributed by atoms with Crippen molar-refractivity contribution in [1.29, 1.82) is 0 Å². The molecule has 0 aliphatic rings. The van der Waals surface area contributed by atoms with Crippen molar-refractivity contribution >= 4 is 17.0 Å². The van der Waals surface area contributed by atoms with Crippen molar-refractivity contribution in [3.05, 3.63) is 40.8 Å². The molecule has 2 aromatic rings. The van der Waals surface area contributed by atoms with Crippen LogP contribution in [-0.2, 0) is 0 Å². The normalized spacial score (nSPS) is 13.8. The molecule has 102 valence electrons. The minimum absolute atomic E-state index is 0.199. The Kier molecular flexibility index (Phi) is 4.80. The summed E-state index contributed by atoms with van der Waals surface area (Å²) in [6.45, 7) is 6.31. The van der Waals surface area contributed by atoms with Gasteiger partial charge in [-0.25, -0.2) is 4.98 Å². The highest BCUT2D eigenvalue weighted by atomic mass is 32.1. The van der Waals surface area contributed by atoms with Gasteiger partial charge in [-0.05, 0) is 32.4 Å². The van der Waals surface area contributed by atoms with Crippen molar-refractivity contribution in [2.45, 2.75) is 39.3 Å². The molecule has 2 unspecified atom stereocenters. The summed E-state index contributed by atoms with van der Waals surface area (Å²) in [6, 6.07) is 8.28. The molecule has 2 atom stereocenters. The molecule has 0 amide bonds. The lowest BCUT2D eigenvalue weighted by molar-refractivity contribution is 0.217. The first-order chi connectivity index (χ1) is 9.19. The zero-order valence-electron chi connectivity index (χ0n) is 11.6. The fourth-order valence-electron chi connectivity index (χ4n) is 1.73. The van der Waals surface area contributed by atoms with E-state index in [1.165, 1.54) is 0 Å². The van der Waals surface area contributed by atoms with E-state index >= 15 is 0 Å². The van der Waals surface area contributed by atoms with Crippen LogP contribution < -0.4 is 10.1 Å². The van der Waals surface area contributed by atoms with Gasteiger partial charge in [0.15, 0.2) is 0 Å². The van der Waals surface area contributed by atoms with Gasteiger partial charge in [0.2, 0.25) is 0 Å². The Balaban J connectivity index is 2.02. The molecule has 0 aliphatic carbocycles. The van der Waals surface area contributed by atoms with Gasteiger partial charge in [-0.15, -0.1) is 11.3 Å². The van der Waals surface area contributed by atoms with Gasteiger partial charge in [-0.3, -0.25) is 0 Å². The number of ether oxygens (including phenoxy) is 1. The standard InChI is InChI=1S/C15H20N2OS/c1-4-11(2)18-14-7-5-6-13(8-14)17-12(3)15-9-19-10-16-15/h5-12,17H,4H2,1-3H3. The number of nitrogens with one attached hydrogen (secondary N) is 1. The van der Waals surface area contributed by atoms with Crippen LogP contribution in [0.5, 0.6) is 5.75 Å². The maximum absolute atomic E-state index is 5.82. The number of aromatic nitrogens is 1. The Morgan fingerprint density at radius 2 is 2.21 bits per heavy atom. The van der Waals surface area contributed by atoms with Crippen molar-refractivity contribution in [1.82, 2.24) is 4.98 Å². The Bertz CT molecular complexity index is 499. The summed E-state index contributed by atoms with van der Waals surface area (Å²) in [4.78, 5) is 4.32. The van der Waals surface area contributed by atoms with Crippen LogP contribution in [0.25, 0.3) is 0 Å². The molecule has 19 heavy (non-hydrogen) atoms. The summed E-state index contributed by atoms with van der Waals surface area (Å²) in [6.07, 6.45) is 1.25. The van der Waals surface area contributed by atoms with Crippen LogP contribution in [0, 0.1) is 0 Å². The molecule has 1 aromatic heterocycles. The molecule has 1 aromatic carbocycles.